The summed E-state index contributed by atoms with van der Waals surface area (Å²) in [7, 11) is 3.45. The van der Waals surface area contributed by atoms with Crippen molar-refractivity contribution in [3.63, 3.8) is 0 Å². The van der Waals surface area contributed by atoms with E-state index in [0.29, 0.717) is 11.0 Å². The first-order valence-corrected chi connectivity index (χ1v) is 11.0. The minimum absolute atomic E-state index is 0.0541. The van der Waals surface area contributed by atoms with Crippen molar-refractivity contribution in [2.75, 3.05) is 19.8 Å². The van der Waals surface area contributed by atoms with Gasteiger partial charge in [0.05, 0.1) is 21.7 Å². The van der Waals surface area contributed by atoms with E-state index in [1.165, 1.54) is 36.2 Å². The van der Waals surface area contributed by atoms with E-state index in [-0.39, 0.29) is 18.0 Å². The molecule has 1 aliphatic carbocycles. The maximum absolute atomic E-state index is 12.7. The molecular formula is C22H26N4O3S. The van der Waals surface area contributed by atoms with E-state index in [1.807, 2.05) is 10.6 Å². The number of benzene rings is 1. The van der Waals surface area contributed by atoms with Crippen LogP contribution < -0.4 is 5.73 Å². The van der Waals surface area contributed by atoms with Gasteiger partial charge in [0.25, 0.3) is 0 Å². The number of nitrogen functional groups attached to an aromatic ring is 1. The van der Waals surface area contributed by atoms with Gasteiger partial charge in [-0.3, -0.25) is 4.79 Å². The van der Waals surface area contributed by atoms with Crippen LogP contribution in [0.15, 0.2) is 24.4 Å². The highest BCUT2D eigenvalue weighted by atomic mass is 32.1. The van der Waals surface area contributed by atoms with Gasteiger partial charge in [-0.1, -0.05) is 36.7 Å². The lowest BCUT2D eigenvalue weighted by molar-refractivity contribution is -0.129. The molecule has 2 aromatic heterocycles. The molecule has 0 unspecified atom stereocenters. The fourth-order valence-corrected chi connectivity index (χ4v) is 5.17. The Morgan fingerprint density at radius 3 is 2.60 bits per heavy atom. The van der Waals surface area contributed by atoms with E-state index in [1.54, 1.807) is 37.3 Å². The summed E-state index contributed by atoms with van der Waals surface area (Å²) in [6, 6.07) is 5.23. The number of carboxylic acids is 1. The summed E-state index contributed by atoms with van der Waals surface area (Å²) in [5, 5.41) is 11.0. The van der Waals surface area contributed by atoms with Crippen LogP contribution in [0, 0.1) is 0 Å². The Labute approximate surface area is 179 Å². The molecule has 3 N–H and O–H groups in total. The lowest BCUT2D eigenvalue weighted by Crippen LogP contribution is -2.26. The number of rotatable bonds is 5. The number of hydrogen-bond acceptors (Lipinski definition) is 5. The first-order chi connectivity index (χ1) is 14.4. The van der Waals surface area contributed by atoms with E-state index in [2.05, 4.69) is 4.98 Å². The number of carbonyl (C=O) groups is 2. The number of aromatic carboxylic acids is 1. The molecule has 158 valence electrons. The Bertz CT molecular complexity index is 1110. The predicted molar refractivity (Wildman–Crippen MR) is 119 cm³/mol. The average Bonchev–Trinajstić information content (AvgIpc) is 3.29. The molecule has 0 radical (unpaired) electrons. The van der Waals surface area contributed by atoms with Crippen LogP contribution in [0.3, 0.4) is 0 Å². The van der Waals surface area contributed by atoms with Crippen LogP contribution in [0.2, 0.25) is 0 Å². The molecule has 1 amide bonds. The highest BCUT2D eigenvalue weighted by Gasteiger charge is 2.28. The molecule has 30 heavy (non-hydrogen) atoms. The first kappa shape index (κ1) is 20.4. The van der Waals surface area contributed by atoms with Gasteiger partial charge in [0.15, 0.2) is 5.13 Å². The van der Waals surface area contributed by atoms with Crippen molar-refractivity contribution in [3.05, 3.63) is 35.5 Å². The van der Waals surface area contributed by atoms with Crippen molar-refractivity contribution in [1.29, 1.82) is 0 Å². The second kappa shape index (κ2) is 8.10. The quantitative estimate of drug-likeness (QED) is 0.637. The highest BCUT2D eigenvalue weighted by Crippen LogP contribution is 2.45. The number of carboxylic acid groups (broad SMARTS) is 1. The standard InChI is InChI=1S/C22H26N4O3S/c1-25(2)18(27)12-26-16-10-14(21(28)29)8-9-15(16)19(13-6-4-3-5-7-13)20(26)17-11-24-22(23)30-17/h8-11,13H,3-7,12H2,1-2H3,(H2,23,24)(H,28,29). The molecular weight excluding hydrogens is 400 g/mol. The smallest absolute Gasteiger partial charge is 0.335 e. The number of nitrogens with two attached hydrogens (primary N) is 1. The summed E-state index contributed by atoms with van der Waals surface area (Å²) in [4.78, 5) is 31.1. The summed E-state index contributed by atoms with van der Waals surface area (Å²) in [6.45, 7) is 0.131. The molecule has 0 bridgehead atoms. The van der Waals surface area contributed by atoms with E-state index in [9.17, 15) is 14.7 Å². The minimum atomic E-state index is -0.980. The van der Waals surface area contributed by atoms with Crippen LogP contribution >= 0.6 is 11.3 Å². The van der Waals surface area contributed by atoms with Crippen molar-refractivity contribution in [2.24, 2.45) is 0 Å². The van der Waals surface area contributed by atoms with Crippen LogP contribution in [0.25, 0.3) is 21.5 Å². The Morgan fingerprint density at radius 1 is 1.27 bits per heavy atom. The molecule has 2 heterocycles. The van der Waals surface area contributed by atoms with Gasteiger partial charge in [-0.2, -0.15) is 0 Å². The summed E-state index contributed by atoms with van der Waals surface area (Å²) in [5.74, 6) is -0.668. The largest absolute Gasteiger partial charge is 0.478 e. The number of thiazole rings is 1. The van der Waals surface area contributed by atoms with Gasteiger partial charge < -0.3 is 20.3 Å². The fraction of sp³-hybridized carbons (Fsp3) is 0.409. The van der Waals surface area contributed by atoms with Gasteiger partial charge in [-0.25, -0.2) is 9.78 Å². The molecule has 0 spiro atoms. The molecule has 0 saturated heterocycles. The van der Waals surface area contributed by atoms with Crippen LogP contribution in [-0.4, -0.2) is 45.5 Å². The average molecular weight is 427 g/mol. The van der Waals surface area contributed by atoms with Crippen molar-refractivity contribution in [3.8, 4) is 10.6 Å². The lowest BCUT2D eigenvalue weighted by atomic mass is 9.82. The lowest BCUT2D eigenvalue weighted by Gasteiger charge is -2.23. The molecule has 1 saturated carbocycles. The summed E-state index contributed by atoms with van der Waals surface area (Å²) in [5.41, 5.74) is 9.07. The molecule has 1 fully saturated rings. The maximum Gasteiger partial charge on any atom is 0.335 e. The van der Waals surface area contributed by atoms with E-state index in [0.717, 1.165) is 34.3 Å². The van der Waals surface area contributed by atoms with Crippen LogP contribution in [0.4, 0.5) is 5.13 Å². The second-order valence-corrected chi connectivity index (χ2v) is 9.13. The number of aromatic nitrogens is 2. The Hall–Kier alpha value is -2.87. The first-order valence-electron chi connectivity index (χ1n) is 10.2. The normalized spacial score (nSPS) is 14.9. The number of anilines is 1. The molecule has 8 heteroatoms. The molecule has 0 aliphatic heterocycles. The maximum atomic E-state index is 12.7. The zero-order valence-corrected chi connectivity index (χ0v) is 18.0. The van der Waals surface area contributed by atoms with Gasteiger partial charge in [0.2, 0.25) is 5.91 Å². The van der Waals surface area contributed by atoms with Gasteiger partial charge in [-0.15, -0.1) is 0 Å². The predicted octanol–water partition coefficient (Wildman–Crippen LogP) is 4.18. The van der Waals surface area contributed by atoms with Gasteiger partial charge in [0.1, 0.15) is 6.54 Å². The van der Waals surface area contributed by atoms with E-state index in [4.69, 9.17) is 5.73 Å². The van der Waals surface area contributed by atoms with Crippen molar-refractivity contribution in [2.45, 2.75) is 44.6 Å². The topological polar surface area (TPSA) is 101 Å². The number of likely N-dealkylation sites (N-methyl/N-ethyl adjacent to an activating group) is 1. The third-order valence-corrected chi connectivity index (χ3v) is 6.75. The van der Waals surface area contributed by atoms with Crippen molar-refractivity contribution in [1.82, 2.24) is 14.5 Å². The number of fused-ring (bicyclic) bond motifs is 1. The molecule has 4 rings (SSSR count). The van der Waals surface area contributed by atoms with Gasteiger partial charge in [0, 0.05) is 25.7 Å². The van der Waals surface area contributed by atoms with Crippen LogP contribution in [-0.2, 0) is 11.3 Å². The monoisotopic (exact) mass is 426 g/mol. The summed E-state index contributed by atoms with van der Waals surface area (Å²) in [6.07, 6.45) is 7.51. The third kappa shape index (κ3) is 3.67. The Balaban J connectivity index is 2.03. The third-order valence-electron chi connectivity index (χ3n) is 5.91. The van der Waals surface area contributed by atoms with E-state index < -0.39 is 5.97 Å². The number of amides is 1. The molecule has 3 aromatic rings. The van der Waals surface area contributed by atoms with Crippen molar-refractivity contribution < 1.29 is 14.7 Å². The Kier molecular flexibility index (Phi) is 5.51. The molecule has 1 aliphatic rings. The molecule has 7 nitrogen and oxygen atoms in total. The number of hydrogen-bond donors (Lipinski definition) is 2. The summed E-state index contributed by atoms with van der Waals surface area (Å²) < 4.78 is 1.96. The fourth-order valence-electron chi connectivity index (χ4n) is 4.42. The summed E-state index contributed by atoms with van der Waals surface area (Å²) >= 11 is 1.40. The zero-order valence-electron chi connectivity index (χ0n) is 17.2. The SMILES string of the molecule is CN(C)C(=O)Cn1c(-c2cnc(N)s2)c(C2CCCCC2)c2ccc(C(=O)O)cc21. The zero-order chi connectivity index (χ0) is 21.4. The van der Waals surface area contributed by atoms with Crippen LogP contribution in [0.1, 0.15) is 53.9 Å². The van der Waals surface area contributed by atoms with Crippen LogP contribution in [0.5, 0.6) is 0 Å². The van der Waals surface area contributed by atoms with Crippen molar-refractivity contribution >= 4 is 39.2 Å². The molecule has 1 aromatic carbocycles. The minimum Gasteiger partial charge on any atom is -0.478 e. The van der Waals surface area contributed by atoms with Gasteiger partial charge >= 0.3 is 5.97 Å². The second-order valence-electron chi connectivity index (χ2n) is 8.07. The number of nitrogens with zero attached hydrogens (tertiary/aromatic N) is 3. The number of carbonyl (C=O) groups excluding carboxylic acids is 1. The van der Waals surface area contributed by atoms with E-state index >= 15 is 0 Å². The highest BCUT2D eigenvalue weighted by molar-refractivity contribution is 7.18. The Morgan fingerprint density at radius 2 is 2.00 bits per heavy atom. The molecule has 0 atom stereocenters. The van der Waals surface area contributed by atoms with Gasteiger partial charge in [-0.05, 0) is 36.5 Å².